The van der Waals surface area contributed by atoms with Crippen molar-refractivity contribution in [1.82, 2.24) is 0 Å². The molecule has 110 valence electrons. The Kier molecular flexibility index (Phi) is 3.34. The molecular weight excluding hydrogens is 308 g/mol. The summed E-state index contributed by atoms with van der Waals surface area (Å²) in [5.41, 5.74) is 8.02. The van der Waals surface area contributed by atoms with E-state index in [0.717, 1.165) is 5.56 Å². The van der Waals surface area contributed by atoms with Crippen molar-refractivity contribution in [2.45, 2.75) is 24.3 Å². The second kappa shape index (κ2) is 4.93. The first-order valence-electron chi connectivity index (χ1n) is 6.58. The zero-order valence-electron chi connectivity index (χ0n) is 11.5. The summed E-state index contributed by atoms with van der Waals surface area (Å²) in [5.74, 6) is 0. The normalized spacial score (nSPS) is 17.8. The number of sulfonamides is 1. The Hall–Kier alpha value is -1.72. The highest BCUT2D eigenvalue weighted by Crippen LogP contribution is 2.37. The lowest BCUT2D eigenvalue weighted by molar-refractivity contribution is 0.584. The van der Waals surface area contributed by atoms with Crippen LogP contribution in [0.2, 0.25) is 5.02 Å². The average Bonchev–Trinajstić information content (AvgIpc) is 2.75. The summed E-state index contributed by atoms with van der Waals surface area (Å²) in [7, 11) is -3.62. The Morgan fingerprint density at radius 3 is 2.52 bits per heavy atom. The van der Waals surface area contributed by atoms with E-state index >= 15 is 0 Å². The molecule has 2 N–H and O–H groups in total. The summed E-state index contributed by atoms with van der Waals surface area (Å²) < 4.78 is 27.2. The average molecular weight is 323 g/mol. The third kappa shape index (κ3) is 2.36. The van der Waals surface area contributed by atoms with Crippen LogP contribution in [-0.2, 0) is 16.4 Å². The van der Waals surface area contributed by atoms with E-state index in [1.54, 1.807) is 24.3 Å². The molecule has 0 aromatic heterocycles. The smallest absolute Gasteiger partial charge is 0.264 e. The van der Waals surface area contributed by atoms with Crippen molar-refractivity contribution in [3.05, 3.63) is 53.1 Å². The number of nitrogens with two attached hydrogens (primary N) is 1. The number of nitrogens with zero attached hydrogens (tertiary/aromatic N) is 1. The molecule has 0 amide bonds. The van der Waals surface area contributed by atoms with Gasteiger partial charge in [0.2, 0.25) is 0 Å². The van der Waals surface area contributed by atoms with Crippen LogP contribution in [0.4, 0.5) is 11.4 Å². The number of anilines is 2. The summed E-state index contributed by atoms with van der Waals surface area (Å²) in [6.45, 7) is 1.89. The van der Waals surface area contributed by atoms with Crippen LogP contribution in [0.3, 0.4) is 0 Å². The molecule has 1 heterocycles. The maximum atomic E-state index is 12.9. The van der Waals surface area contributed by atoms with E-state index in [2.05, 4.69) is 0 Å². The van der Waals surface area contributed by atoms with Gasteiger partial charge in [-0.1, -0.05) is 17.7 Å². The molecular formula is C15H15ClN2O2S. The van der Waals surface area contributed by atoms with Crippen molar-refractivity contribution >= 4 is 33.0 Å². The van der Waals surface area contributed by atoms with Gasteiger partial charge in [-0.05, 0) is 55.3 Å². The summed E-state index contributed by atoms with van der Waals surface area (Å²) in [4.78, 5) is 0.231. The van der Waals surface area contributed by atoms with E-state index < -0.39 is 10.0 Å². The monoisotopic (exact) mass is 322 g/mol. The number of fused-ring (bicyclic) bond motifs is 1. The van der Waals surface area contributed by atoms with E-state index in [0.29, 0.717) is 22.8 Å². The second-order valence-corrected chi connectivity index (χ2v) is 7.45. The van der Waals surface area contributed by atoms with Gasteiger partial charge in [0.05, 0.1) is 10.6 Å². The van der Waals surface area contributed by atoms with Crippen molar-refractivity contribution in [3.63, 3.8) is 0 Å². The number of nitrogen functional groups attached to an aromatic ring is 1. The first-order valence-corrected chi connectivity index (χ1v) is 8.40. The number of benzene rings is 2. The van der Waals surface area contributed by atoms with Crippen LogP contribution in [0.25, 0.3) is 0 Å². The number of halogens is 1. The minimum atomic E-state index is -3.62. The Balaban J connectivity index is 2.12. The molecule has 6 heteroatoms. The number of hydrogen-bond donors (Lipinski definition) is 1. The van der Waals surface area contributed by atoms with Gasteiger partial charge < -0.3 is 5.73 Å². The van der Waals surface area contributed by atoms with Crippen molar-refractivity contribution in [2.75, 3.05) is 10.0 Å². The van der Waals surface area contributed by atoms with Crippen molar-refractivity contribution in [2.24, 2.45) is 0 Å². The summed E-state index contributed by atoms with van der Waals surface area (Å²) in [6.07, 6.45) is 0.683. The fourth-order valence-electron chi connectivity index (χ4n) is 2.68. The molecule has 1 aliphatic heterocycles. The Bertz CT molecular complexity index is 788. The fraction of sp³-hybridized carbons (Fsp3) is 0.200. The molecule has 0 aliphatic carbocycles. The van der Waals surface area contributed by atoms with Gasteiger partial charge in [-0.25, -0.2) is 8.42 Å². The van der Waals surface area contributed by atoms with Crippen molar-refractivity contribution in [3.8, 4) is 0 Å². The summed E-state index contributed by atoms with van der Waals surface area (Å²) in [6, 6.07) is 11.5. The molecule has 2 aromatic rings. The Morgan fingerprint density at radius 2 is 1.86 bits per heavy atom. The Labute approximate surface area is 129 Å². The van der Waals surface area contributed by atoms with Crippen molar-refractivity contribution in [1.29, 1.82) is 0 Å². The number of hydrogen-bond acceptors (Lipinski definition) is 3. The maximum Gasteiger partial charge on any atom is 0.264 e. The third-order valence-corrected chi connectivity index (χ3v) is 5.83. The molecule has 0 saturated carbocycles. The van der Waals surface area contributed by atoms with Crippen LogP contribution >= 0.6 is 11.6 Å². The SMILES string of the molecule is C[C@H]1Cc2ccc(N)cc2N1S(=O)(=O)c1ccc(Cl)cc1. The maximum absolute atomic E-state index is 12.9. The van der Waals surface area contributed by atoms with Crippen LogP contribution < -0.4 is 10.0 Å². The zero-order valence-corrected chi connectivity index (χ0v) is 13.0. The lowest BCUT2D eigenvalue weighted by Crippen LogP contribution is -2.35. The van der Waals surface area contributed by atoms with Gasteiger partial charge in [0, 0.05) is 16.8 Å². The standard InChI is InChI=1S/C15H15ClN2O2S/c1-10-8-11-2-5-13(17)9-15(11)18(10)21(19,20)14-6-3-12(16)4-7-14/h2-7,9-10H,8,17H2,1H3/t10-/m0/s1. The minimum absolute atomic E-state index is 0.137. The van der Waals surface area contributed by atoms with E-state index in [1.807, 2.05) is 13.0 Å². The predicted molar refractivity (Wildman–Crippen MR) is 85.1 cm³/mol. The molecule has 1 aliphatic rings. The van der Waals surface area contributed by atoms with E-state index in [9.17, 15) is 8.42 Å². The number of rotatable bonds is 2. The quantitative estimate of drug-likeness (QED) is 0.864. The molecule has 2 aromatic carbocycles. The highest BCUT2D eigenvalue weighted by atomic mass is 35.5. The van der Waals surface area contributed by atoms with Gasteiger partial charge in [0.1, 0.15) is 0 Å². The van der Waals surface area contributed by atoms with Crippen molar-refractivity contribution < 1.29 is 8.42 Å². The molecule has 0 bridgehead atoms. The van der Waals surface area contributed by atoms with Crippen LogP contribution in [0.1, 0.15) is 12.5 Å². The predicted octanol–water partition coefficient (Wildman–Crippen LogP) is 3.06. The Morgan fingerprint density at radius 1 is 1.19 bits per heavy atom. The molecule has 3 rings (SSSR count). The molecule has 4 nitrogen and oxygen atoms in total. The van der Waals surface area contributed by atoms with Crippen LogP contribution in [0.15, 0.2) is 47.4 Å². The molecule has 0 unspecified atom stereocenters. The van der Waals surface area contributed by atoms with Gasteiger partial charge >= 0.3 is 0 Å². The lowest BCUT2D eigenvalue weighted by Gasteiger charge is -2.24. The van der Waals surface area contributed by atoms with Gasteiger partial charge in [0.25, 0.3) is 10.0 Å². The highest BCUT2D eigenvalue weighted by molar-refractivity contribution is 7.92. The van der Waals surface area contributed by atoms with Gasteiger partial charge in [-0.3, -0.25) is 4.31 Å². The molecule has 1 atom stereocenters. The van der Waals surface area contributed by atoms with Gasteiger partial charge in [-0.15, -0.1) is 0 Å². The fourth-order valence-corrected chi connectivity index (χ4v) is 4.49. The lowest BCUT2D eigenvalue weighted by atomic mass is 10.1. The topological polar surface area (TPSA) is 63.4 Å². The van der Waals surface area contributed by atoms with Crippen LogP contribution in [0.5, 0.6) is 0 Å². The molecule has 21 heavy (non-hydrogen) atoms. The molecule has 0 fully saturated rings. The minimum Gasteiger partial charge on any atom is -0.399 e. The third-order valence-electron chi connectivity index (χ3n) is 3.63. The van der Waals surface area contributed by atoms with Gasteiger partial charge in [-0.2, -0.15) is 0 Å². The van der Waals surface area contributed by atoms with Crippen LogP contribution in [0, 0.1) is 0 Å². The van der Waals surface area contributed by atoms with E-state index in [1.165, 1.54) is 16.4 Å². The second-order valence-electron chi connectivity index (χ2n) is 5.20. The largest absolute Gasteiger partial charge is 0.399 e. The zero-order chi connectivity index (χ0) is 15.2. The highest BCUT2D eigenvalue weighted by Gasteiger charge is 2.36. The van der Waals surface area contributed by atoms with Crippen LogP contribution in [-0.4, -0.2) is 14.5 Å². The van der Waals surface area contributed by atoms with Gasteiger partial charge in [0.15, 0.2) is 0 Å². The molecule has 0 radical (unpaired) electrons. The summed E-state index contributed by atoms with van der Waals surface area (Å²) >= 11 is 5.83. The molecule has 0 saturated heterocycles. The van der Waals surface area contributed by atoms with E-state index in [-0.39, 0.29) is 10.9 Å². The first-order chi connectivity index (χ1) is 9.89. The molecule has 0 spiro atoms. The first kappa shape index (κ1) is 14.2. The summed E-state index contributed by atoms with van der Waals surface area (Å²) in [5, 5.41) is 0.507. The van der Waals surface area contributed by atoms with E-state index in [4.69, 9.17) is 17.3 Å².